The van der Waals surface area contributed by atoms with Gasteiger partial charge < -0.3 is 15.2 Å². The fraction of sp³-hybridized carbons (Fsp3) is 0.333. The minimum atomic E-state index is 0.456. The van der Waals surface area contributed by atoms with Gasteiger partial charge in [0.2, 0.25) is 0 Å². The number of hydrogen-bond donors (Lipinski definition) is 1. The molecule has 18 heavy (non-hydrogen) atoms. The lowest BCUT2D eigenvalue weighted by Crippen LogP contribution is -2.34. The van der Waals surface area contributed by atoms with E-state index in [4.69, 9.17) is 17.3 Å². The average Bonchev–Trinajstić information content (AvgIpc) is 2.85. The molecule has 0 bridgehead atoms. The number of pyridine rings is 1. The maximum absolute atomic E-state index is 6.26. The predicted octanol–water partition coefficient (Wildman–Crippen LogP) is 1.41. The summed E-state index contributed by atoms with van der Waals surface area (Å²) in [7, 11) is 0. The fourth-order valence-corrected chi connectivity index (χ4v) is 2.48. The van der Waals surface area contributed by atoms with Crippen LogP contribution in [0.15, 0.2) is 24.7 Å². The predicted molar refractivity (Wildman–Crippen MR) is 70.4 cm³/mol. The van der Waals surface area contributed by atoms with E-state index in [0.717, 1.165) is 36.8 Å². The second kappa shape index (κ2) is 4.59. The summed E-state index contributed by atoms with van der Waals surface area (Å²) >= 11 is 6.26. The van der Waals surface area contributed by atoms with E-state index >= 15 is 0 Å². The van der Waals surface area contributed by atoms with E-state index in [1.165, 1.54) is 0 Å². The molecule has 0 saturated carbocycles. The number of imidazole rings is 1. The second-order valence-corrected chi connectivity index (χ2v) is 4.72. The first-order valence-electron chi connectivity index (χ1n) is 5.87. The molecule has 0 amide bonds. The fourth-order valence-electron chi connectivity index (χ4n) is 2.17. The third-order valence-electron chi connectivity index (χ3n) is 3.16. The Hall–Kier alpha value is -1.59. The molecule has 0 radical (unpaired) electrons. The van der Waals surface area contributed by atoms with E-state index < -0.39 is 0 Å². The Kier molecular flexibility index (Phi) is 2.93. The Morgan fingerprint density at radius 3 is 3.00 bits per heavy atom. The summed E-state index contributed by atoms with van der Waals surface area (Å²) in [5.41, 5.74) is 6.52. The Morgan fingerprint density at radius 1 is 1.33 bits per heavy atom. The van der Waals surface area contributed by atoms with E-state index in [1.807, 2.05) is 18.5 Å². The number of rotatable bonds is 2. The van der Waals surface area contributed by atoms with Crippen LogP contribution in [-0.4, -0.2) is 21.1 Å². The minimum Gasteiger partial charge on any atom is -0.346 e. The summed E-state index contributed by atoms with van der Waals surface area (Å²) in [6.07, 6.45) is 5.60. The van der Waals surface area contributed by atoms with Crippen molar-refractivity contribution in [3.8, 4) is 0 Å². The minimum absolute atomic E-state index is 0.456. The van der Waals surface area contributed by atoms with Crippen LogP contribution in [0, 0.1) is 0 Å². The van der Waals surface area contributed by atoms with E-state index in [-0.39, 0.29) is 0 Å². The highest BCUT2D eigenvalue weighted by Gasteiger charge is 2.19. The van der Waals surface area contributed by atoms with Gasteiger partial charge in [-0.3, -0.25) is 0 Å². The van der Waals surface area contributed by atoms with Crippen LogP contribution in [0.2, 0.25) is 5.02 Å². The molecule has 0 aliphatic carbocycles. The van der Waals surface area contributed by atoms with Crippen molar-refractivity contribution in [1.82, 2.24) is 14.5 Å². The van der Waals surface area contributed by atoms with Crippen LogP contribution in [0.4, 0.5) is 5.82 Å². The molecule has 6 heteroatoms. The van der Waals surface area contributed by atoms with Gasteiger partial charge in [-0.1, -0.05) is 11.6 Å². The number of hydrogen-bond acceptors (Lipinski definition) is 4. The second-order valence-electron chi connectivity index (χ2n) is 4.31. The van der Waals surface area contributed by atoms with Crippen LogP contribution in [0.3, 0.4) is 0 Å². The van der Waals surface area contributed by atoms with Gasteiger partial charge in [-0.05, 0) is 11.6 Å². The first kappa shape index (κ1) is 11.5. The molecule has 0 fully saturated rings. The maximum atomic E-state index is 6.26. The van der Waals surface area contributed by atoms with E-state index in [0.29, 0.717) is 11.6 Å². The van der Waals surface area contributed by atoms with Crippen LogP contribution < -0.4 is 10.6 Å². The zero-order valence-corrected chi connectivity index (χ0v) is 10.6. The third kappa shape index (κ3) is 1.95. The topological polar surface area (TPSA) is 60.0 Å². The van der Waals surface area contributed by atoms with Crippen molar-refractivity contribution in [2.24, 2.45) is 5.73 Å². The molecule has 1 aliphatic heterocycles. The Labute approximate surface area is 110 Å². The molecule has 2 aromatic heterocycles. The summed E-state index contributed by atoms with van der Waals surface area (Å²) < 4.78 is 2.15. The highest BCUT2D eigenvalue weighted by molar-refractivity contribution is 6.33. The van der Waals surface area contributed by atoms with Crippen LogP contribution >= 0.6 is 11.6 Å². The zero-order valence-electron chi connectivity index (χ0n) is 9.88. The molecule has 94 valence electrons. The van der Waals surface area contributed by atoms with Gasteiger partial charge in [0, 0.05) is 38.2 Å². The van der Waals surface area contributed by atoms with E-state index in [2.05, 4.69) is 19.4 Å². The first-order chi connectivity index (χ1) is 8.78. The largest absolute Gasteiger partial charge is 0.346 e. The monoisotopic (exact) mass is 263 g/mol. The summed E-state index contributed by atoms with van der Waals surface area (Å²) in [6.45, 7) is 2.99. The smallest absolute Gasteiger partial charge is 0.147 e. The van der Waals surface area contributed by atoms with Gasteiger partial charge in [0.25, 0.3) is 0 Å². The van der Waals surface area contributed by atoms with Crippen LogP contribution in [0.25, 0.3) is 0 Å². The van der Waals surface area contributed by atoms with Gasteiger partial charge >= 0.3 is 0 Å². The van der Waals surface area contributed by atoms with Gasteiger partial charge in [0.15, 0.2) is 0 Å². The van der Waals surface area contributed by atoms with Crippen molar-refractivity contribution >= 4 is 17.4 Å². The number of nitrogens with two attached hydrogens (primary N) is 1. The summed E-state index contributed by atoms with van der Waals surface area (Å²) in [6, 6.07) is 1.88. The average molecular weight is 264 g/mol. The molecule has 2 aromatic rings. The molecule has 3 rings (SSSR count). The molecule has 0 saturated heterocycles. The number of anilines is 1. The van der Waals surface area contributed by atoms with Crippen LogP contribution in [0.5, 0.6) is 0 Å². The van der Waals surface area contributed by atoms with Crippen molar-refractivity contribution in [2.45, 2.75) is 19.6 Å². The maximum Gasteiger partial charge on any atom is 0.147 e. The standard InChI is InChI=1S/C12H14ClN5/c13-10-5-9(6-14)7-16-12(10)18-4-3-17-2-1-15-11(17)8-18/h1-2,5,7H,3-4,6,8,14H2. The summed E-state index contributed by atoms with van der Waals surface area (Å²) in [5.74, 6) is 1.85. The van der Waals surface area contributed by atoms with Gasteiger partial charge in [-0.2, -0.15) is 0 Å². The lowest BCUT2D eigenvalue weighted by Gasteiger charge is -2.29. The molecule has 0 spiro atoms. The van der Waals surface area contributed by atoms with Crippen molar-refractivity contribution in [3.05, 3.63) is 41.1 Å². The quantitative estimate of drug-likeness (QED) is 0.890. The van der Waals surface area contributed by atoms with Gasteiger partial charge in [-0.25, -0.2) is 9.97 Å². The highest BCUT2D eigenvalue weighted by atomic mass is 35.5. The number of nitrogens with zero attached hydrogens (tertiary/aromatic N) is 4. The molecule has 2 N–H and O–H groups in total. The van der Waals surface area contributed by atoms with Crippen molar-refractivity contribution < 1.29 is 0 Å². The lowest BCUT2D eigenvalue weighted by molar-refractivity contribution is 0.556. The zero-order chi connectivity index (χ0) is 12.5. The van der Waals surface area contributed by atoms with Crippen LogP contribution in [0.1, 0.15) is 11.4 Å². The molecule has 0 unspecified atom stereocenters. The Bertz CT molecular complexity index is 565. The lowest BCUT2D eigenvalue weighted by atomic mass is 10.2. The van der Waals surface area contributed by atoms with Crippen molar-refractivity contribution in [2.75, 3.05) is 11.4 Å². The summed E-state index contributed by atoms with van der Waals surface area (Å²) in [5, 5.41) is 0.651. The molecule has 1 aliphatic rings. The van der Waals surface area contributed by atoms with Crippen LogP contribution in [-0.2, 0) is 19.6 Å². The summed E-state index contributed by atoms with van der Waals surface area (Å²) in [4.78, 5) is 10.9. The number of fused-ring (bicyclic) bond motifs is 1. The Balaban J connectivity index is 1.88. The SMILES string of the molecule is NCc1cnc(N2CCn3ccnc3C2)c(Cl)c1. The van der Waals surface area contributed by atoms with E-state index in [1.54, 1.807) is 6.20 Å². The Morgan fingerprint density at radius 2 is 2.22 bits per heavy atom. The molecular formula is C12H14ClN5. The van der Waals surface area contributed by atoms with Gasteiger partial charge in [-0.15, -0.1) is 0 Å². The van der Waals surface area contributed by atoms with Gasteiger partial charge in [0.1, 0.15) is 11.6 Å². The third-order valence-corrected chi connectivity index (χ3v) is 3.44. The molecular weight excluding hydrogens is 250 g/mol. The number of halogens is 1. The van der Waals surface area contributed by atoms with Crippen molar-refractivity contribution in [1.29, 1.82) is 0 Å². The first-order valence-corrected chi connectivity index (χ1v) is 6.25. The van der Waals surface area contributed by atoms with E-state index in [9.17, 15) is 0 Å². The molecule has 0 aromatic carbocycles. The molecule has 0 atom stereocenters. The normalized spacial score (nSPS) is 14.7. The molecule has 3 heterocycles. The highest BCUT2D eigenvalue weighted by Crippen LogP contribution is 2.26. The number of aromatic nitrogens is 3. The van der Waals surface area contributed by atoms with Gasteiger partial charge in [0.05, 0.1) is 11.6 Å². The van der Waals surface area contributed by atoms with Crippen molar-refractivity contribution in [3.63, 3.8) is 0 Å². The molecule has 5 nitrogen and oxygen atoms in total.